The smallest absolute Gasteiger partial charge is 0.313 e. The molecule has 0 aromatic carbocycles. The van der Waals surface area contributed by atoms with E-state index in [0.29, 0.717) is 19.4 Å². The van der Waals surface area contributed by atoms with E-state index >= 15 is 0 Å². The van der Waals surface area contributed by atoms with Crippen LogP contribution in [0.25, 0.3) is 0 Å². The third kappa shape index (κ3) is 3.33. The zero-order valence-electron chi connectivity index (χ0n) is 14.5. The Morgan fingerprint density at radius 1 is 1.32 bits per heavy atom. The second-order valence-electron chi connectivity index (χ2n) is 7.07. The maximum atomic E-state index is 12.9. The normalized spacial score (nSPS) is 23.2. The highest BCUT2D eigenvalue weighted by atomic mass is 16.5. The van der Waals surface area contributed by atoms with Gasteiger partial charge in [0, 0.05) is 25.9 Å². The van der Waals surface area contributed by atoms with Gasteiger partial charge in [0.1, 0.15) is 11.0 Å². The molecule has 7 heteroatoms. The Balaban J connectivity index is 1.88. The molecule has 1 aromatic heterocycles. The molecule has 1 aliphatic heterocycles. The summed E-state index contributed by atoms with van der Waals surface area (Å²) in [7, 11) is 1.46. The predicted octanol–water partition coefficient (Wildman–Crippen LogP) is 1.21. The minimum absolute atomic E-state index is 0.0483. The Labute approximate surface area is 146 Å². The number of carbonyl (C=O) groups is 2. The number of pyridine rings is 1. The highest BCUT2D eigenvalue weighted by Crippen LogP contribution is 2.31. The number of aliphatic carboxylic acids is 1. The highest BCUT2D eigenvalue weighted by molar-refractivity contribution is 5.94. The number of aryl methyl sites for hydroxylation is 2. The summed E-state index contributed by atoms with van der Waals surface area (Å²) in [4.78, 5) is 41.3. The summed E-state index contributed by atoms with van der Waals surface area (Å²) in [5, 5.41) is 9.62. The van der Waals surface area contributed by atoms with Crippen LogP contribution in [0.15, 0.2) is 10.9 Å². The first-order chi connectivity index (χ1) is 12.0. The van der Waals surface area contributed by atoms with Gasteiger partial charge in [0.05, 0.1) is 6.61 Å². The van der Waals surface area contributed by atoms with E-state index in [-0.39, 0.29) is 24.3 Å². The molecule has 136 valence electrons. The molecule has 1 fully saturated rings. The summed E-state index contributed by atoms with van der Waals surface area (Å²) in [6, 6.07) is 1.70. The Bertz CT molecular complexity index is 737. The van der Waals surface area contributed by atoms with Crippen LogP contribution in [0.2, 0.25) is 0 Å². The lowest BCUT2D eigenvalue weighted by atomic mass is 9.80. The molecular formula is C18H24N2O5. The number of piperidine rings is 1. The molecule has 7 nitrogen and oxygen atoms in total. The van der Waals surface area contributed by atoms with Crippen LogP contribution in [0.1, 0.15) is 47.3 Å². The first kappa shape index (κ1) is 17.7. The number of fused-ring (bicyclic) bond motifs is 1. The van der Waals surface area contributed by atoms with Gasteiger partial charge in [0.25, 0.3) is 11.5 Å². The summed E-state index contributed by atoms with van der Waals surface area (Å²) < 4.78 is 5.09. The van der Waals surface area contributed by atoms with Gasteiger partial charge in [-0.1, -0.05) is 0 Å². The van der Waals surface area contributed by atoms with E-state index < -0.39 is 17.3 Å². The van der Waals surface area contributed by atoms with Crippen LogP contribution in [0, 0.1) is 5.41 Å². The molecule has 1 saturated heterocycles. The zero-order valence-corrected chi connectivity index (χ0v) is 14.5. The largest absolute Gasteiger partial charge is 0.481 e. The van der Waals surface area contributed by atoms with Crippen LogP contribution < -0.4 is 5.56 Å². The van der Waals surface area contributed by atoms with Crippen LogP contribution in [0.4, 0.5) is 0 Å². The van der Waals surface area contributed by atoms with Crippen LogP contribution in [-0.2, 0) is 22.4 Å². The summed E-state index contributed by atoms with van der Waals surface area (Å²) in [5.41, 5.74) is 0.561. The van der Waals surface area contributed by atoms with Gasteiger partial charge < -0.3 is 19.7 Å². The second-order valence-corrected chi connectivity index (χ2v) is 7.07. The van der Waals surface area contributed by atoms with Crippen LogP contribution in [0.5, 0.6) is 0 Å². The van der Waals surface area contributed by atoms with Crippen LogP contribution in [-0.4, -0.2) is 53.7 Å². The molecule has 1 atom stereocenters. The number of aromatic nitrogens is 1. The molecule has 2 N–H and O–H groups in total. The van der Waals surface area contributed by atoms with E-state index in [0.717, 1.165) is 36.9 Å². The number of amides is 1. The maximum absolute atomic E-state index is 12.9. The molecule has 25 heavy (non-hydrogen) atoms. The van der Waals surface area contributed by atoms with Gasteiger partial charge in [0.15, 0.2) is 0 Å². The molecule has 2 aliphatic rings. The number of methoxy groups -OCH3 is 1. The third-order valence-electron chi connectivity index (χ3n) is 5.31. The average Bonchev–Trinajstić information content (AvgIpc) is 2.61. The fourth-order valence-corrected chi connectivity index (χ4v) is 3.94. The molecule has 0 spiro atoms. The van der Waals surface area contributed by atoms with Crippen molar-refractivity contribution in [3.05, 3.63) is 33.2 Å². The van der Waals surface area contributed by atoms with E-state index in [9.17, 15) is 19.5 Å². The van der Waals surface area contributed by atoms with Crippen molar-refractivity contribution in [1.29, 1.82) is 0 Å². The molecule has 2 heterocycles. The van der Waals surface area contributed by atoms with Gasteiger partial charge in [-0.05, 0) is 50.2 Å². The average molecular weight is 348 g/mol. The first-order valence-corrected chi connectivity index (χ1v) is 8.73. The lowest BCUT2D eigenvalue weighted by Gasteiger charge is -2.39. The van der Waals surface area contributed by atoms with Crippen LogP contribution in [0.3, 0.4) is 0 Å². The Hall–Kier alpha value is -2.15. The predicted molar refractivity (Wildman–Crippen MR) is 90.8 cm³/mol. The van der Waals surface area contributed by atoms with E-state index in [1.54, 1.807) is 6.07 Å². The van der Waals surface area contributed by atoms with Crippen molar-refractivity contribution >= 4 is 11.9 Å². The summed E-state index contributed by atoms with van der Waals surface area (Å²) >= 11 is 0. The third-order valence-corrected chi connectivity index (χ3v) is 5.31. The minimum atomic E-state index is -1.11. The number of nitrogens with zero attached hydrogens (tertiary/aromatic N) is 1. The fraction of sp³-hybridized carbons (Fsp3) is 0.611. The number of hydrogen-bond donors (Lipinski definition) is 2. The SMILES string of the molecule is COCC1(C(=O)O)CCCN(C(=O)c2cc3c([nH]c2=O)CCCC3)C1. The standard InChI is InChI=1S/C18H24N2O5/c1-25-11-18(17(23)24)7-4-8-20(10-18)16(22)13-9-12-5-2-3-6-14(12)19-15(13)21/h9H,2-8,10-11H2,1H3,(H,19,21)(H,23,24). The maximum Gasteiger partial charge on any atom is 0.313 e. The summed E-state index contributed by atoms with van der Waals surface area (Å²) in [6.07, 6.45) is 4.81. The topological polar surface area (TPSA) is 99.7 Å². The van der Waals surface area contributed by atoms with Crippen molar-refractivity contribution < 1.29 is 19.4 Å². The Morgan fingerprint density at radius 3 is 2.80 bits per heavy atom. The van der Waals surface area contributed by atoms with Crippen LogP contribution >= 0.6 is 0 Å². The number of carboxylic acid groups (broad SMARTS) is 1. The van der Waals surface area contributed by atoms with Crippen molar-refractivity contribution in [2.45, 2.75) is 38.5 Å². The fourth-order valence-electron chi connectivity index (χ4n) is 3.94. The number of rotatable bonds is 4. The van der Waals surface area contributed by atoms with Crippen molar-refractivity contribution in [3.8, 4) is 0 Å². The zero-order chi connectivity index (χ0) is 18.0. The van der Waals surface area contributed by atoms with Gasteiger partial charge in [-0.3, -0.25) is 14.4 Å². The molecular weight excluding hydrogens is 324 g/mol. The van der Waals surface area contributed by atoms with E-state index in [1.807, 2.05) is 0 Å². The highest BCUT2D eigenvalue weighted by Gasteiger charge is 2.44. The molecule has 0 saturated carbocycles. The van der Waals surface area contributed by atoms with Gasteiger partial charge in [-0.15, -0.1) is 0 Å². The van der Waals surface area contributed by atoms with Crippen molar-refractivity contribution in [2.75, 3.05) is 26.8 Å². The number of likely N-dealkylation sites (tertiary alicyclic amines) is 1. The van der Waals surface area contributed by atoms with E-state index in [2.05, 4.69) is 4.98 Å². The van der Waals surface area contributed by atoms with Gasteiger partial charge in [-0.2, -0.15) is 0 Å². The molecule has 0 bridgehead atoms. The van der Waals surface area contributed by atoms with E-state index in [1.165, 1.54) is 12.0 Å². The second kappa shape index (κ2) is 7.00. The number of aromatic amines is 1. The van der Waals surface area contributed by atoms with Gasteiger partial charge in [-0.25, -0.2) is 0 Å². The summed E-state index contributed by atoms with van der Waals surface area (Å²) in [5.74, 6) is -1.36. The lowest BCUT2D eigenvalue weighted by Crippen LogP contribution is -2.52. The Morgan fingerprint density at radius 2 is 2.08 bits per heavy atom. The molecule has 0 radical (unpaired) electrons. The number of carbonyl (C=O) groups excluding carboxylic acids is 1. The van der Waals surface area contributed by atoms with Crippen molar-refractivity contribution in [3.63, 3.8) is 0 Å². The van der Waals surface area contributed by atoms with Gasteiger partial charge in [0.2, 0.25) is 0 Å². The number of carboxylic acids is 1. The van der Waals surface area contributed by atoms with Gasteiger partial charge >= 0.3 is 5.97 Å². The summed E-state index contributed by atoms with van der Waals surface area (Å²) in [6.45, 7) is 0.562. The minimum Gasteiger partial charge on any atom is -0.481 e. The first-order valence-electron chi connectivity index (χ1n) is 8.73. The molecule has 1 unspecified atom stereocenters. The van der Waals surface area contributed by atoms with Crippen molar-refractivity contribution in [1.82, 2.24) is 9.88 Å². The number of hydrogen-bond acceptors (Lipinski definition) is 4. The lowest BCUT2D eigenvalue weighted by molar-refractivity contribution is -0.155. The molecule has 1 aliphatic carbocycles. The number of nitrogens with one attached hydrogen (secondary N) is 1. The quantitative estimate of drug-likeness (QED) is 0.852. The van der Waals surface area contributed by atoms with E-state index in [4.69, 9.17) is 4.74 Å². The monoisotopic (exact) mass is 348 g/mol. The number of H-pyrrole nitrogens is 1. The Kier molecular flexibility index (Phi) is 4.94. The number of ether oxygens (including phenoxy) is 1. The molecule has 1 amide bonds. The molecule has 1 aromatic rings. The molecule has 3 rings (SSSR count). The van der Waals surface area contributed by atoms with Crippen molar-refractivity contribution in [2.24, 2.45) is 5.41 Å².